The molecule has 1 aliphatic rings. The molecule has 0 saturated carbocycles. The lowest BCUT2D eigenvalue weighted by Crippen LogP contribution is -2.48. The third kappa shape index (κ3) is 3.98. The largest absolute Gasteiger partial charge is 0.480 e. The highest BCUT2D eigenvalue weighted by Gasteiger charge is 2.31. The van der Waals surface area contributed by atoms with Crippen molar-refractivity contribution in [3.8, 4) is 0 Å². The number of nitrogens with one attached hydrogen (secondary N) is 1. The number of thioether (sulfide) groups is 1. The lowest BCUT2D eigenvalue weighted by atomic mass is 9.93. The molecule has 0 aromatic heterocycles. The highest BCUT2D eigenvalue weighted by atomic mass is 32.2. The fourth-order valence-electron chi connectivity index (χ4n) is 2.44. The molecule has 120 valence electrons. The summed E-state index contributed by atoms with van der Waals surface area (Å²) in [4.78, 5) is 24.0. The second kappa shape index (κ2) is 7.60. The standard InChI is InChI=1S/C15H18FNO4S/c1-22-12-7-9(4-5-11(12)16)14(18)17-13(15(19)20)10-3-2-6-21-8-10/h4-5,7,10,13H,2-3,6,8H2,1H3,(H,17,18)(H,19,20). The Hall–Kier alpha value is -1.60. The number of aliphatic carboxylic acids is 1. The predicted octanol–water partition coefficient (Wildman–Crippen LogP) is 2.16. The molecule has 1 aromatic rings. The lowest BCUT2D eigenvalue weighted by Gasteiger charge is -2.28. The molecule has 1 heterocycles. The van der Waals surface area contributed by atoms with Crippen LogP contribution in [0.3, 0.4) is 0 Å². The third-order valence-corrected chi connectivity index (χ3v) is 4.39. The third-order valence-electron chi connectivity index (χ3n) is 3.63. The average molecular weight is 327 g/mol. The molecule has 2 unspecified atom stereocenters. The van der Waals surface area contributed by atoms with E-state index < -0.39 is 23.7 Å². The number of benzene rings is 1. The summed E-state index contributed by atoms with van der Waals surface area (Å²) in [6, 6.07) is 2.97. The van der Waals surface area contributed by atoms with Crippen LogP contribution in [0.1, 0.15) is 23.2 Å². The van der Waals surface area contributed by atoms with E-state index in [0.29, 0.717) is 24.5 Å². The lowest BCUT2D eigenvalue weighted by molar-refractivity contribution is -0.142. The van der Waals surface area contributed by atoms with Crippen LogP contribution < -0.4 is 5.32 Å². The van der Waals surface area contributed by atoms with Crippen molar-refractivity contribution in [1.82, 2.24) is 5.32 Å². The van der Waals surface area contributed by atoms with Crippen molar-refractivity contribution in [2.75, 3.05) is 19.5 Å². The number of carbonyl (C=O) groups is 2. The molecule has 0 aliphatic carbocycles. The van der Waals surface area contributed by atoms with Gasteiger partial charge in [0.2, 0.25) is 0 Å². The molecule has 1 aliphatic heterocycles. The second-order valence-electron chi connectivity index (χ2n) is 5.12. The smallest absolute Gasteiger partial charge is 0.326 e. The maximum absolute atomic E-state index is 13.5. The number of hydrogen-bond donors (Lipinski definition) is 2. The highest BCUT2D eigenvalue weighted by molar-refractivity contribution is 7.98. The Bertz CT molecular complexity index is 560. The molecule has 1 saturated heterocycles. The van der Waals surface area contributed by atoms with Gasteiger partial charge in [0.15, 0.2) is 0 Å². The van der Waals surface area contributed by atoms with Gasteiger partial charge in [-0.1, -0.05) is 0 Å². The van der Waals surface area contributed by atoms with E-state index in [2.05, 4.69) is 5.32 Å². The van der Waals surface area contributed by atoms with E-state index in [0.717, 1.165) is 6.42 Å². The van der Waals surface area contributed by atoms with Crippen molar-refractivity contribution in [2.45, 2.75) is 23.8 Å². The zero-order valence-corrected chi connectivity index (χ0v) is 13.0. The van der Waals surface area contributed by atoms with Crippen LogP contribution >= 0.6 is 11.8 Å². The summed E-state index contributed by atoms with van der Waals surface area (Å²) in [5, 5.41) is 11.9. The summed E-state index contributed by atoms with van der Waals surface area (Å²) in [6.07, 6.45) is 3.17. The zero-order valence-electron chi connectivity index (χ0n) is 12.2. The molecule has 1 aromatic carbocycles. The van der Waals surface area contributed by atoms with Crippen molar-refractivity contribution in [1.29, 1.82) is 0 Å². The summed E-state index contributed by atoms with van der Waals surface area (Å²) in [7, 11) is 0. The number of halogens is 1. The number of carbonyl (C=O) groups excluding carboxylic acids is 1. The summed E-state index contributed by atoms with van der Waals surface area (Å²) in [5.74, 6) is -2.26. The quantitative estimate of drug-likeness (QED) is 0.811. The Morgan fingerprint density at radius 2 is 2.27 bits per heavy atom. The monoisotopic (exact) mass is 327 g/mol. The first-order valence-corrected chi connectivity index (χ1v) is 8.20. The summed E-state index contributed by atoms with van der Waals surface area (Å²) < 4.78 is 18.7. The van der Waals surface area contributed by atoms with Crippen LogP contribution in [0.15, 0.2) is 23.1 Å². The number of rotatable bonds is 5. The molecule has 0 radical (unpaired) electrons. The Labute approximate surface area is 132 Å². The van der Waals surface area contributed by atoms with E-state index >= 15 is 0 Å². The number of carboxylic acid groups (broad SMARTS) is 1. The van der Waals surface area contributed by atoms with Gasteiger partial charge in [-0.05, 0) is 37.3 Å². The first-order chi connectivity index (χ1) is 10.5. The van der Waals surface area contributed by atoms with Gasteiger partial charge < -0.3 is 15.2 Å². The normalized spacial score (nSPS) is 19.5. The maximum Gasteiger partial charge on any atom is 0.326 e. The molecular formula is C15H18FNO4S. The molecule has 2 rings (SSSR count). The Morgan fingerprint density at radius 1 is 1.50 bits per heavy atom. The van der Waals surface area contributed by atoms with Gasteiger partial charge in [-0.25, -0.2) is 9.18 Å². The fraction of sp³-hybridized carbons (Fsp3) is 0.467. The van der Waals surface area contributed by atoms with E-state index in [9.17, 15) is 19.1 Å². The Morgan fingerprint density at radius 3 is 2.86 bits per heavy atom. The molecule has 2 atom stereocenters. The van der Waals surface area contributed by atoms with E-state index in [1.807, 2.05) is 0 Å². The van der Waals surface area contributed by atoms with Gasteiger partial charge in [0.05, 0.1) is 6.61 Å². The summed E-state index contributed by atoms with van der Waals surface area (Å²) in [5.41, 5.74) is 0.244. The van der Waals surface area contributed by atoms with Gasteiger partial charge in [-0.2, -0.15) is 0 Å². The van der Waals surface area contributed by atoms with Crippen LogP contribution in [-0.2, 0) is 9.53 Å². The molecule has 0 bridgehead atoms. The van der Waals surface area contributed by atoms with Gasteiger partial charge >= 0.3 is 5.97 Å². The van der Waals surface area contributed by atoms with Crippen LogP contribution in [0.2, 0.25) is 0 Å². The first-order valence-electron chi connectivity index (χ1n) is 6.98. The van der Waals surface area contributed by atoms with Crippen LogP contribution in [0.25, 0.3) is 0 Å². The Balaban J connectivity index is 2.12. The minimum atomic E-state index is -1.09. The minimum Gasteiger partial charge on any atom is -0.480 e. The van der Waals surface area contributed by atoms with Crippen LogP contribution in [-0.4, -0.2) is 42.5 Å². The summed E-state index contributed by atoms with van der Waals surface area (Å²) >= 11 is 1.19. The molecular weight excluding hydrogens is 309 g/mol. The molecule has 1 amide bonds. The van der Waals surface area contributed by atoms with Gasteiger partial charge in [-0.3, -0.25) is 4.79 Å². The average Bonchev–Trinajstić information content (AvgIpc) is 2.53. The SMILES string of the molecule is CSc1cc(C(=O)NC(C(=O)O)C2CCCOC2)ccc1F. The van der Waals surface area contributed by atoms with E-state index in [1.54, 1.807) is 6.26 Å². The van der Waals surface area contributed by atoms with Crippen molar-refractivity contribution >= 4 is 23.6 Å². The van der Waals surface area contributed by atoms with Crippen LogP contribution in [0, 0.1) is 11.7 Å². The van der Waals surface area contributed by atoms with E-state index in [-0.39, 0.29) is 11.5 Å². The van der Waals surface area contributed by atoms with Crippen molar-refractivity contribution in [3.05, 3.63) is 29.6 Å². The van der Waals surface area contributed by atoms with Crippen LogP contribution in [0.4, 0.5) is 4.39 Å². The molecule has 22 heavy (non-hydrogen) atoms. The number of hydrogen-bond acceptors (Lipinski definition) is 4. The second-order valence-corrected chi connectivity index (χ2v) is 5.96. The van der Waals surface area contributed by atoms with Gasteiger partial charge in [-0.15, -0.1) is 11.8 Å². The van der Waals surface area contributed by atoms with E-state index in [1.165, 1.54) is 30.0 Å². The van der Waals surface area contributed by atoms with Gasteiger partial charge in [0.1, 0.15) is 11.9 Å². The van der Waals surface area contributed by atoms with Crippen molar-refractivity contribution in [2.24, 2.45) is 5.92 Å². The predicted molar refractivity (Wildman–Crippen MR) is 80.6 cm³/mol. The molecule has 1 fully saturated rings. The van der Waals surface area contributed by atoms with Gasteiger partial charge in [0.25, 0.3) is 5.91 Å². The van der Waals surface area contributed by atoms with Gasteiger partial charge in [0, 0.05) is 23.0 Å². The van der Waals surface area contributed by atoms with Crippen molar-refractivity contribution < 1.29 is 23.8 Å². The first kappa shape index (κ1) is 16.8. The number of ether oxygens (including phenoxy) is 1. The Kier molecular flexibility index (Phi) is 5.79. The minimum absolute atomic E-state index is 0.244. The highest BCUT2D eigenvalue weighted by Crippen LogP contribution is 2.22. The number of amides is 1. The molecule has 0 spiro atoms. The van der Waals surface area contributed by atoms with Crippen molar-refractivity contribution in [3.63, 3.8) is 0 Å². The maximum atomic E-state index is 13.5. The van der Waals surface area contributed by atoms with E-state index in [4.69, 9.17) is 4.74 Å². The van der Waals surface area contributed by atoms with Crippen LogP contribution in [0.5, 0.6) is 0 Å². The molecule has 2 N–H and O–H groups in total. The molecule has 5 nitrogen and oxygen atoms in total. The zero-order chi connectivity index (χ0) is 16.1. The fourth-order valence-corrected chi connectivity index (χ4v) is 2.94. The summed E-state index contributed by atoms with van der Waals surface area (Å²) in [6.45, 7) is 0.933. The number of carboxylic acids is 1. The molecule has 7 heteroatoms. The topological polar surface area (TPSA) is 75.6 Å².